The quantitative estimate of drug-likeness (QED) is 0.771. The van der Waals surface area contributed by atoms with Crippen molar-refractivity contribution in [3.05, 3.63) is 12.2 Å². The standard InChI is InChI=1S/C15H26N2O3/c1-15(2,3)20-14(19)17-7-6-13(9-17)16-12-5-4-11(8-12)10-18/h4-5,11-13,16,18H,6-10H2,1-3H3/t11-,12+,13?/m0/s1. The molecule has 1 amide bonds. The lowest BCUT2D eigenvalue weighted by Gasteiger charge is -2.25. The third-order valence-corrected chi connectivity index (χ3v) is 3.70. The first-order valence-corrected chi connectivity index (χ1v) is 7.40. The average molecular weight is 282 g/mol. The van der Waals surface area contributed by atoms with Crippen molar-refractivity contribution in [1.82, 2.24) is 10.2 Å². The molecular formula is C15H26N2O3. The van der Waals surface area contributed by atoms with E-state index >= 15 is 0 Å². The Morgan fingerprint density at radius 3 is 2.80 bits per heavy atom. The second-order valence-corrected chi connectivity index (χ2v) is 6.75. The summed E-state index contributed by atoms with van der Waals surface area (Å²) < 4.78 is 5.39. The van der Waals surface area contributed by atoms with Gasteiger partial charge in [0.1, 0.15) is 5.60 Å². The van der Waals surface area contributed by atoms with Crippen LogP contribution in [0, 0.1) is 5.92 Å². The van der Waals surface area contributed by atoms with Crippen LogP contribution in [0.25, 0.3) is 0 Å². The van der Waals surface area contributed by atoms with E-state index in [0.29, 0.717) is 18.6 Å². The van der Waals surface area contributed by atoms with E-state index in [1.165, 1.54) is 0 Å². The first kappa shape index (κ1) is 15.3. The van der Waals surface area contributed by atoms with Crippen LogP contribution in [0.4, 0.5) is 4.79 Å². The molecule has 2 N–H and O–H groups in total. The summed E-state index contributed by atoms with van der Waals surface area (Å²) >= 11 is 0. The maximum absolute atomic E-state index is 12.0. The van der Waals surface area contributed by atoms with Crippen LogP contribution in [-0.2, 0) is 4.74 Å². The molecule has 0 aromatic carbocycles. The van der Waals surface area contributed by atoms with Gasteiger partial charge in [0, 0.05) is 37.7 Å². The number of carbonyl (C=O) groups is 1. The number of hydrogen-bond donors (Lipinski definition) is 2. The molecule has 2 rings (SSSR count). The molecule has 0 radical (unpaired) electrons. The highest BCUT2D eigenvalue weighted by molar-refractivity contribution is 5.68. The van der Waals surface area contributed by atoms with Crippen molar-refractivity contribution >= 4 is 6.09 Å². The topological polar surface area (TPSA) is 61.8 Å². The van der Waals surface area contributed by atoms with Gasteiger partial charge in [-0.25, -0.2) is 4.79 Å². The van der Waals surface area contributed by atoms with Gasteiger partial charge in [-0.3, -0.25) is 0 Å². The number of likely N-dealkylation sites (tertiary alicyclic amines) is 1. The predicted octanol–water partition coefficient (Wildman–Crippen LogP) is 1.52. The zero-order chi connectivity index (χ0) is 14.8. The second-order valence-electron chi connectivity index (χ2n) is 6.75. The summed E-state index contributed by atoms with van der Waals surface area (Å²) in [4.78, 5) is 13.7. The largest absolute Gasteiger partial charge is 0.444 e. The van der Waals surface area contributed by atoms with Crippen molar-refractivity contribution in [2.45, 2.75) is 51.3 Å². The Morgan fingerprint density at radius 2 is 2.20 bits per heavy atom. The SMILES string of the molecule is CC(C)(C)OC(=O)N1CCC(N[C@@H]2C=C[C@H](CO)C2)C1. The molecule has 1 heterocycles. The first-order valence-electron chi connectivity index (χ1n) is 7.40. The smallest absolute Gasteiger partial charge is 0.410 e. The molecular weight excluding hydrogens is 256 g/mol. The molecule has 0 aromatic heterocycles. The van der Waals surface area contributed by atoms with E-state index in [1.54, 1.807) is 4.90 Å². The number of ether oxygens (including phenoxy) is 1. The number of hydrogen-bond acceptors (Lipinski definition) is 4. The summed E-state index contributed by atoms with van der Waals surface area (Å²) in [5, 5.41) is 12.7. The summed E-state index contributed by atoms with van der Waals surface area (Å²) in [6.07, 6.45) is 5.86. The minimum absolute atomic E-state index is 0.212. The molecule has 0 saturated carbocycles. The Morgan fingerprint density at radius 1 is 1.45 bits per heavy atom. The van der Waals surface area contributed by atoms with Crippen LogP contribution < -0.4 is 5.32 Å². The van der Waals surface area contributed by atoms with Crippen molar-refractivity contribution in [2.24, 2.45) is 5.92 Å². The number of aliphatic hydroxyl groups excluding tert-OH is 1. The Bertz CT molecular complexity index is 376. The minimum Gasteiger partial charge on any atom is -0.444 e. The van der Waals surface area contributed by atoms with Gasteiger partial charge in [-0.1, -0.05) is 12.2 Å². The molecule has 20 heavy (non-hydrogen) atoms. The summed E-state index contributed by atoms with van der Waals surface area (Å²) in [5.41, 5.74) is -0.439. The van der Waals surface area contributed by atoms with Crippen LogP contribution in [0.15, 0.2) is 12.2 Å². The fourth-order valence-electron chi connectivity index (χ4n) is 2.72. The minimum atomic E-state index is -0.439. The van der Waals surface area contributed by atoms with Crippen LogP contribution in [0.3, 0.4) is 0 Å². The molecule has 2 aliphatic rings. The maximum atomic E-state index is 12.0. The molecule has 1 saturated heterocycles. The van der Waals surface area contributed by atoms with Crippen LogP contribution in [0.5, 0.6) is 0 Å². The van der Waals surface area contributed by atoms with Crippen LogP contribution in [0.1, 0.15) is 33.6 Å². The zero-order valence-corrected chi connectivity index (χ0v) is 12.6. The third-order valence-electron chi connectivity index (χ3n) is 3.70. The summed E-state index contributed by atoms with van der Waals surface area (Å²) in [6, 6.07) is 0.630. The molecule has 1 unspecified atom stereocenters. The Hall–Kier alpha value is -1.07. The highest BCUT2D eigenvalue weighted by atomic mass is 16.6. The van der Waals surface area contributed by atoms with E-state index in [-0.39, 0.29) is 18.6 Å². The van der Waals surface area contributed by atoms with Crippen molar-refractivity contribution in [3.63, 3.8) is 0 Å². The molecule has 5 nitrogen and oxygen atoms in total. The van der Waals surface area contributed by atoms with Crippen molar-refractivity contribution < 1.29 is 14.6 Å². The van der Waals surface area contributed by atoms with Gasteiger partial charge in [-0.2, -0.15) is 0 Å². The number of amides is 1. The number of nitrogens with one attached hydrogen (secondary N) is 1. The predicted molar refractivity (Wildman–Crippen MR) is 77.5 cm³/mol. The Labute approximate surface area is 121 Å². The fraction of sp³-hybridized carbons (Fsp3) is 0.800. The van der Waals surface area contributed by atoms with Crippen LogP contribution in [-0.4, -0.2) is 53.5 Å². The van der Waals surface area contributed by atoms with E-state index in [1.807, 2.05) is 20.8 Å². The molecule has 1 aliphatic carbocycles. The first-order chi connectivity index (χ1) is 9.37. The van der Waals surface area contributed by atoms with Gasteiger partial charge in [0.2, 0.25) is 0 Å². The highest BCUT2D eigenvalue weighted by Crippen LogP contribution is 2.20. The monoisotopic (exact) mass is 282 g/mol. The van der Waals surface area contributed by atoms with Crippen molar-refractivity contribution in [3.8, 4) is 0 Å². The molecule has 0 spiro atoms. The summed E-state index contributed by atoms with van der Waals surface area (Å²) in [6.45, 7) is 7.30. The number of carbonyl (C=O) groups excluding carboxylic acids is 1. The number of rotatable bonds is 3. The Kier molecular flexibility index (Phi) is 4.70. The van der Waals surface area contributed by atoms with E-state index in [2.05, 4.69) is 17.5 Å². The molecule has 0 aromatic rings. The molecule has 5 heteroatoms. The van der Waals surface area contributed by atoms with Crippen molar-refractivity contribution in [2.75, 3.05) is 19.7 Å². The normalized spacial score (nSPS) is 30.0. The molecule has 1 fully saturated rings. The number of nitrogens with zero attached hydrogens (tertiary/aromatic N) is 1. The third kappa shape index (κ3) is 4.21. The second kappa shape index (κ2) is 6.14. The number of aliphatic hydroxyl groups is 1. The highest BCUT2D eigenvalue weighted by Gasteiger charge is 2.31. The van der Waals surface area contributed by atoms with Crippen molar-refractivity contribution in [1.29, 1.82) is 0 Å². The van der Waals surface area contributed by atoms with Gasteiger partial charge in [0.05, 0.1) is 0 Å². The van der Waals surface area contributed by atoms with E-state index in [4.69, 9.17) is 9.84 Å². The van der Waals surface area contributed by atoms with E-state index < -0.39 is 5.60 Å². The molecule has 0 bridgehead atoms. The summed E-state index contributed by atoms with van der Waals surface area (Å²) in [5.74, 6) is 0.274. The van der Waals surface area contributed by atoms with Gasteiger partial charge < -0.3 is 20.1 Å². The maximum Gasteiger partial charge on any atom is 0.410 e. The molecule has 1 aliphatic heterocycles. The molecule has 114 valence electrons. The lowest BCUT2D eigenvalue weighted by Crippen LogP contribution is -2.41. The average Bonchev–Trinajstić information content (AvgIpc) is 2.96. The van der Waals surface area contributed by atoms with Gasteiger partial charge in [-0.15, -0.1) is 0 Å². The van der Waals surface area contributed by atoms with Gasteiger partial charge >= 0.3 is 6.09 Å². The lowest BCUT2D eigenvalue weighted by atomic mass is 10.1. The van der Waals surface area contributed by atoms with E-state index in [0.717, 1.165) is 19.4 Å². The van der Waals surface area contributed by atoms with Crippen LogP contribution in [0.2, 0.25) is 0 Å². The Balaban J connectivity index is 1.76. The van der Waals surface area contributed by atoms with Crippen LogP contribution >= 0.6 is 0 Å². The van der Waals surface area contributed by atoms with E-state index in [9.17, 15) is 4.79 Å². The fourth-order valence-corrected chi connectivity index (χ4v) is 2.72. The summed E-state index contributed by atoms with van der Waals surface area (Å²) in [7, 11) is 0. The molecule has 3 atom stereocenters. The lowest BCUT2D eigenvalue weighted by molar-refractivity contribution is 0.0290. The van der Waals surface area contributed by atoms with Gasteiger partial charge in [-0.05, 0) is 33.6 Å². The van der Waals surface area contributed by atoms with Gasteiger partial charge in [0.15, 0.2) is 0 Å². The van der Waals surface area contributed by atoms with Gasteiger partial charge in [0.25, 0.3) is 0 Å². The zero-order valence-electron chi connectivity index (χ0n) is 12.6.